The third-order valence-electron chi connectivity index (χ3n) is 5.78. The van der Waals surface area contributed by atoms with Crippen LogP contribution < -0.4 is 10.2 Å². The number of para-hydroxylation sites is 1. The number of anilines is 2. The van der Waals surface area contributed by atoms with Crippen molar-refractivity contribution in [2.45, 2.75) is 31.8 Å². The lowest BCUT2D eigenvalue weighted by atomic mass is 10.0. The van der Waals surface area contributed by atoms with Crippen LogP contribution in [0.2, 0.25) is 0 Å². The van der Waals surface area contributed by atoms with Crippen LogP contribution in [-0.4, -0.2) is 49.8 Å². The molecule has 3 heterocycles. The van der Waals surface area contributed by atoms with Crippen molar-refractivity contribution in [1.29, 1.82) is 0 Å². The van der Waals surface area contributed by atoms with E-state index in [1.807, 2.05) is 42.5 Å². The largest absolute Gasteiger partial charge is 0.313 e. The van der Waals surface area contributed by atoms with E-state index in [9.17, 15) is 14.4 Å². The molecule has 10 nitrogen and oxygen atoms in total. The van der Waals surface area contributed by atoms with Crippen molar-refractivity contribution < 1.29 is 14.4 Å². The Balaban J connectivity index is 1.28. The molecule has 1 aromatic heterocycles. The first-order valence-electron chi connectivity index (χ1n) is 10.5. The molecule has 0 bridgehead atoms. The molecular formula is C22H21N7O3. The number of rotatable bonds is 7. The second kappa shape index (κ2) is 8.22. The first kappa shape index (κ1) is 19.9. The number of nitrogens with zero attached hydrogens (tertiary/aromatic N) is 5. The molecule has 0 spiro atoms. The predicted octanol–water partition coefficient (Wildman–Crippen LogP) is 2.51. The zero-order valence-corrected chi connectivity index (χ0v) is 17.2. The molecule has 2 aromatic carbocycles. The van der Waals surface area contributed by atoms with E-state index >= 15 is 0 Å². The third kappa shape index (κ3) is 3.39. The number of hydrogen-bond acceptors (Lipinski definition) is 6. The number of hydrogen-bond donors (Lipinski definition) is 2. The average molecular weight is 431 g/mol. The smallest absolute Gasteiger partial charge is 0.269 e. The van der Waals surface area contributed by atoms with Gasteiger partial charge in [-0.1, -0.05) is 41.9 Å². The lowest BCUT2D eigenvalue weighted by Crippen LogP contribution is -2.48. The van der Waals surface area contributed by atoms with Crippen LogP contribution in [0.4, 0.5) is 11.6 Å². The highest BCUT2D eigenvalue weighted by molar-refractivity contribution is 6.16. The summed E-state index contributed by atoms with van der Waals surface area (Å²) < 4.78 is 0. The van der Waals surface area contributed by atoms with Crippen molar-refractivity contribution >= 4 is 29.4 Å². The highest BCUT2D eigenvalue weighted by Gasteiger charge is 2.47. The second-order valence-electron chi connectivity index (χ2n) is 7.75. The van der Waals surface area contributed by atoms with Gasteiger partial charge in [0.2, 0.25) is 5.91 Å². The van der Waals surface area contributed by atoms with Crippen molar-refractivity contribution in [2.24, 2.45) is 0 Å². The molecular weight excluding hydrogens is 410 g/mol. The minimum atomic E-state index is -0.442. The molecule has 0 saturated carbocycles. The number of aromatic amines is 1. The first-order valence-corrected chi connectivity index (χ1v) is 10.5. The molecule has 162 valence electrons. The quantitative estimate of drug-likeness (QED) is 0.554. The van der Waals surface area contributed by atoms with Crippen molar-refractivity contribution in [3.63, 3.8) is 0 Å². The van der Waals surface area contributed by atoms with Gasteiger partial charge in [0.15, 0.2) is 0 Å². The number of unbranched alkanes of at least 4 members (excludes halogenated alkanes) is 2. The van der Waals surface area contributed by atoms with Crippen LogP contribution in [-0.2, 0) is 4.79 Å². The molecule has 1 atom stereocenters. The number of tetrazole rings is 1. The zero-order chi connectivity index (χ0) is 22.1. The lowest BCUT2D eigenvalue weighted by molar-refractivity contribution is -0.116. The zero-order valence-electron chi connectivity index (χ0n) is 17.2. The summed E-state index contributed by atoms with van der Waals surface area (Å²) in [5.74, 6) is -0.206. The molecule has 0 saturated heterocycles. The van der Waals surface area contributed by atoms with Gasteiger partial charge in [0.05, 0.1) is 11.3 Å². The Morgan fingerprint density at radius 3 is 2.56 bits per heavy atom. The standard InChI is InChI=1S/C22H21N7O3/c30-18(23-22-24-26-27-25-22)12-2-1-7-13-28-19-14-8-3-4-9-15(14)21(32)29(19)17-11-6-5-10-16(17)20(28)31/h3-6,8-11,19H,1-2,7,12-13H2,(H2,23,24,25,26,27,30)/t19-/m1/s1. The van der Waals surface area contributed by atoms with E-state index in [0.29, 0.717) is 42.6 Å². The monoisotopic (exact) mass is 431 g/mol. The van der Waals surface area contributed by atoms with Gasteiger partial charge in [-0.15, -0.1) is 5.10 Å². The number of aromatic nitrogens is 4. The van der Waals surface area contributed by atoms with Crippen molar-refractivity contribution in [3.05, 3.63) is 65.2 Å². The van der Waals surface area contributed by atoms with Gasteiger partial charge in [-0.05, 0) is 36.3 Å². The number of carbonyl (C=O) groups excluding carboxylic acids is 3. The molecule has 2 N–H and O–H groups in total. The second-order valence-corrected chi connectivity index (χ2v) is 7.75. The predicted molar refractivity (Wildman–Crippen MR) is 115 cm³/mol. The SMILES string of the molecule is O=C(CCCCCN1C(=O)c2ccccc2N2C(=O)c3ccccc3[C@H]12)Nc1nn[nH]n1. The number of nitrogens with one attached hydrogen (secondary N) is 2. The number of H-pyrrole nitrogens is 1. The Hall–Kier alpha value is -4.08. The van der Waals surface area contributed by atoms with Gasteiger partial charge in [0.1, 0.15) is 6.17 Å². The van der Waals surface area contributed by atoms with E-state index < -0.39 is 6.17 Å². The molecule has 10 heteroatoms. The fraction of sp³-hybridized carbons (Fsp3) is 0.273. The van der Waals surface area contributed by atoms with Gasteiger partial charge in [0.25, 0.3) is 17.8 Å². The van der Waals surface area contributed by atoms with Crippen LogP contribution >= 0.6 is 0 Å². The van der Waals surface area contributed by atoms with Gasteiger partial charge in [-0.25, -0.2) is 0 Å². The Kier molecular flexibility index (Phi) is 5.10. The fourth-order valence-electron chi connectivity index (χ4n) is 4.35. The summed E-state index contributed by atoms with van der Waals surface area (Å²) in [6, 6.07) is 14.7. The molecule has 3 aromatic rings. The van der Waals surface area contributed by atoms with E-state index in [4.69, 9.17) is 0 Å². The topological polar surface area (TPSA) is 124 Å². The molecule has 5 rings (SSSR count). The minimum Gasteiger partial charge on any atom is -0.313 e. The van der Waals surface area contributed by atoms with Crippen LogP contribution in [0.15, 0.2) is 48.5 Å². The summed E-state index contributed by atoms with van der Waals surface area (Å²) in [4.78, 5) is 41.9. The number of amides is 3. The molecule has 32 heavy (non-hydrogen) atoms. The Morgan fingerprint density at radius 2 is 1.75 bits per heavy atom. The molecule has 3 amide bonds. The van der Waals surface area contributed by atoms with Crippen molar-refractivity contribution in [1.82, 2.24) is 25.5 Å². The maximum atomic E-state index is 13.3. The fourth-order valence-corrected chi connectivity index (χ4v) is 4.35. The Morgan fingerprint density at radius 1 is 0.969 bits per heavy atom. The van der Waals surface area contributed by atoms with Gasteiger partial charge >= 0.3 is 0 Å². The maximum absolute atomic E-state index is 13.3. The number of carbonyl (C=O) groups is 3. The molecule has 0 aliphatic carbocycles. The van der Waals surface area contributed by atoms with E-state index in [2.05, 4.69) is 25.9 Å². The summed E-state index contributed by atoms with van der Waals surface area (Å²) in [5, 5.41) is 15.6. The van der Waals surface area contributed by atoms with Gasteiger partial charge < -0.3 is 4.90 Å². The van der Waals surface area contributed by atoms with E-state index in [1.54, 1.807) is 15.9 Å². The molecule has 0 radical (unpaired) electrons. The maximum Gasteiger partial charge on any atom is 0.269 e. The van der Waals surface area contributed by atoms with Gasteiger partial charge in [-0.3, -0.25) is 24.6 Å². The average Bonchev–Trinajstić information content (AvgIpc) is 3.42. The van der Waals surface area contributed by atoms with Crippen LogP contribution in [0.3, 0.4) is 0 Å². The highest BCUT2D eigenvalue weighted by atomic mass is 16.2. The highest BCUT2D eigenvalue weighted by Crippen LogP contribution is 2.45. The van der Waals surface area contributed by atoms with E-state index in [0.717, 1.165) is 12.0 Å². The number of benzene rings is 2. The Bertz CT molecular complexity index is 1180. The molecule has 0 unspecified atom stereocenters. The van der Waals surface area contributed by atoms with Gasteiger partial charge in [0, 0.05) is 24.1 Å². The van der Waals surface area contributed by atoms with Crippen LogP contribution in [0.1, 0.15) is 58.1 Å². The summed E-state index contributed by atoms with van der Waals surface area (Å²) >= 11 is 0. The molecule has 2 aliphatic heterocycles. The van der Waals surface area contributed by atoms with Gasteiger partial charge in [-0.2, -0.15) is 5.21 Å². The Labute approximate surface area is 183 Å². The molecule has 2 aliphatic rings. The van der Waals surface area contributed by atoms with Crippen LogP contribution in [0.5, 0.6) is 0 Å². The summed E-state index contributed by atoms with van der Waals surface area (Å²) in [7, 11) is 0. The van der Waals surface area contributed by atoms with E-state index in [-0.39, 0.29) is 23.7 Å². The first-order chi connectivity index (χ1) is 15.6. The summed E-state index contributed by atoms with van der Waals surface area (Å²) in [6.07, 6.45) is 2.01. The van der Waals surface area contributed by atoms with Crippen molar-refractivity contribution in [3.8, 4) is 0 Å². The third-order valence-corrected chi connectivity index (χ3v) is 5.78. The summed E-state index contributed by atoms with van der Waals surface area (Å²) in [6.45, 7) is 0.489. The van der Waals surface area contributed by atoms with Crippen LogP contribution in [0.25, 0.3) is 0 Å². The lowest BCUT2D eigenvalue weighted by Gasteiger charge is -2.41. The van der Waals surface area contributed by atoms with Crippen molar-refractivity contribution in [2.75, 3.05) is 16.8 Å². The minimum absolute atomic E-state index is 0.0822. The van der Waals surface area contributed by atoms with Crippen LogP contribution in [0, 0.1) is 0 Å². The number of fused-ring (bicyclic) bond motifs is 5. The molecule has 0 fully saturated rings. The van der Waals surface area contributed by atoms with E-state index in [1.165, 1.54) is 0 Å². The summed E-state index contributed by atoms with van der Waals surface area (Å²) in [5.41, 5.74) is 2.66. The normalized spacial score (nSPS) is 16.6.